The second-order valence-corrected chi connectivity index (χ2v) is 7.95. The van der Waals surface area contributed by atoms with E-state index in [-0.39, 0.29) is 6.54 Å². The summed E-state index contributed by atoms with van der Waals surface area (Å²) in [5, 5.41) is 5.47. The molecule has 0 aliphatic carbocycles. The molecule has 4 amide bonds. The summed E-state index contributed by atoms with van der Waals surface area (Å²) in [5.74, 6) is -0.874. The number of carbonyl (C=O) groups excluding carboxylic acids is 3. The normalized spacial score (nSPS) is 21.8. The third-order valence-electron chi connectivity index (χ3n) is 5.68. The van der Waals surface area contributed by atoms with Gasteiger partial charge >= 0.3 is 6.03 Å². The molecule has 2 saturated heterocycles. The first-order chi connectivity index (χ1) is 15.0. The molecule has 2 heterocycles. The molecular weight excluding hydrogens is 396 g/mol. The number of hydrogen-bond donors (Lipinski definition) is 2. The van der Waals surface area contributed by atoms with Crippen LogP contribution in [0.3, 0.4) is 0 Å². The molecule has 2 aromatic rings. The van der Waals surface area contributed by atoms with E-state index < -0.39 is 23.4 Å². The number of benzene rings is 2. The Kier molecular flexibility index (Phi) is 6.01. The fraction of sp³-hybridized carbons (Fsp3) is 0.348. The van der Waals surface area contributed by atoms with Crippen molar-refractivity contribution < 1.29 is 19.1 Å². The summed E-state index contributed by atoms with van der Waals surface area (Å²) < 4.78 is 5.36. The number of amides is 4. The van der Waals surface area contributed by atoms with Gasteiger partial charge in [0.05, 0.1) is 13.2 Å². The lowest BCUT2D eigenvalue weighted by atomic mass is 9.92. The second kappa shape index (κ2) is 8.87. The third kappa shape index (κ3) is 4.60. The minimum absolute atomic E-state index is 0.345. The Morgan fingerprint density at radius 3 is 2.42 bits per heavy atom. The van der Waals surface area contributed by atoms with E-state index in [1.165, 1.54) is 0 Å². The standard InChI is InChI=1S/C23H26N4O4/c1-23(18-5-3-2-4-6-18)21(29)27(22(30)25-23)16-20(28)24-19-9-7-17(8-10-19)15-26-11-13-31-14-12-26/h2-10H,11-16H2,1H3,(H,24,28)(H,25,30). The Hall–Kier alpha value is -3.23. The predicted molar refractivity (Wildman–Crippen MR) is 115 cm³/mol. The lowest BCUT2D eigenvalue weighted by molar-refractivity contribution is -0.133. The number of morpholine rings is 1. The molecule has 162 valence electrons. The second-order valence-electron chi connectivity index (χ2n) is 7.95. The number of anilines is 1. The van der Waals surface area contributed by atoms with Gasteiger partial charge in [-0.3, -0.25) is 19.4 Å². The Morgan fingerprint density at radius 1 is 1.06 bits per heavy atom. The van der Waals surface area contributed by atoms with Crippen LogP contribution in [-0.4, -0.2) is 60.5 Å². The van der Waals surface area contributed by atoms with Gasteiger partial charge in [-0.25, -0.2) is 4.79 Å². The zero-order valence-corrected chi connectivity index (χ0v) is 17.5. The van der Waals surface area contributed by atoms with Crippen molar-refractivity contribution in [2.24, 2.45) is 0 Å². The fourth-order valence-electron chi connectivity index (χ4n) is 3.86. The number of hydrogen-bond acceptors (Lipinski definition) is 5. The first kappa shape index (κ1) is 21.0. The lowest BCUT2D eigenvalue weighted by Gasteiger charge is -2.26. The summed E-state index contributed by atoms with van der Waals surface area (Å²) in [6, 6.07) is 16.0. The van der Waals surface area contributed by atoms with Gasteiger partial charge in [-0.2, -0.15) is 0 Å². The van der Waals surface area contributed by atoms with E-state index in [1.54, 1.807) is 31.2 Å². The fourth-order valence-corrected chi connectivity index (χ4v) is 3.86. The molecule has 2 aliphatic heterocycles. The van der Waals surface area contributed by atoms with Gasteiger partial charge in [0.25, 0.3) is 5.91 Å². The molecule has 2 fully saturated rings. The highest BCUT2D eigenvalue weighted by atomic mass is 16.5. The maximum Gasteiger partial charge on any atom is 0.325 e. The molecule has 2 N–H and O–H groups in total. The van der Waals surface area contributed by atoms with Crippen molar-refractivity contribution in [2.45, 2.75) is 19.0 Å². The summed E-state index contributed by atoms with van der Waals surface area (Å²) in [6.45, 7) is 5.45. The Balaban J connectivity index is 1.35. The van der Waals surface area contributed by atoms with E-state index in [1.807, 2.05) is 30.3 Å². The minimum Gasteiger partial charge on any atom is -0.379 e. The SMILES string of the molecule is CC1(c2ccccc2)NC(=O)N(CC(=O)Nc2ccc(CN3CCOCC3)cc2)C1=O. The molecule has 0 saturated carbocycles. The average Bonchev–Trinajstić information content (AvgIpc) is 3.00. The number of nitrogens with one attached hydrogen (secondary N) is 2. The summed E-state index contributed by atoms with van der Waals surface area (Å²) in [5.41, 5.74) is 1.26. The molecule has 0 aromatic heterocycles. The van der Waals surface area contributed by atoms with Gasteiger partial charge in [0, 0.05) is 25.3 Å². The van der Waals surface area contributed by atoms with E-state index in [0.717, 1.165) is 43.3 Å². The zero-order valence-electron chi connectivity index (χ0n) is 17.5. The highest BCUT2D eigenvalue weighted by Crippen LogP contribution is 2.28. The number of rotatable bonds is 6. The van der Waals surface area contributed by atoms with Gasteiger partial charge in [-0.1, -0.05) is 42.5 Å². The maximum atomic E-state index is 12.9. The quantitative estimate of drug-likeness (QED) is 0.694. The largest absolute Gasteiger partial charge is 0.379 e. The number of imide groups is 1. The third-order valence-corrected chi connectivity index (χ3v) is 5.68. The Labute approximate surface area is 181 Å². The maximum absolute atomic E-state index is 12.9. The molecule has 2 aromatic carbocycles. The van der Waals surface area contributed by atoms with Crippen molar-refractivity contribution >= 4 is 23.5 Å². The van der Waals surface area contributed by atoms with Crippen LogP contribution in [0, 0.1) is 0 Å². The van der Waals surface area contributed by atoms with Gasteiger partial charge in [-0.15, -0.1) is 0 Å². The van der Waals surface area contributed by atoms with Crippen LogP contribution in [0.25, 0.3) is 0 Å². The van der Waals surface area contributed by atoms with E-state index in [2.05, 4.69) is 15.5 Å². The highest BCUT2D eigenvalue weighted by molar-refractivity contribution is 6.10. The Bertz CT molecular complexity index is 957. The van der Waals surface area contributed by atoms with Crippen LogP contribution >= 0.6 is 0 Å². The highest BCUT2D eigenvalue weighted by Gasteiger charge is 2.49. The molecule has 2 aliphatic rings. The Morgan fingerprint density at radius 2 is 1.74 bits per heavy atom. The number of carbonyl (C=O) groups is 3. The molecule has 8 heteroatoms. The van der Waals surface area contributed by atoms with Crippen molar-refractivity contribution in [3.8, 4) is 0 Å². The number of urea groups is 1. The average molecular weight is 422 g/mol. The van der Waals surface area contributed by atoms with Gasteiger partial charge in [-0.05, 0) is 30.2 Å². The van der Waals surface area contributed by atoms with E-state index in [0.29, 0.717) is 11.3 Å². The monoisotopic (exact) mass is 422 g/mol. The number of nitrogens with zero attached hydrogens (tertiary/aromatic N) is 2. The molecule has 8 nitrogen and oxygen atoms in total. The molecule has 1 atom stereocenters. The number of ether oxygens (including phenoxy) is 1. The molecule has 1 unspecified atom stereocenters. The molecule has 0 radical (unpaired) electrons. The molecule has 4 rings (SSSR count). The van der Waals surface area contributed by atoms with Gasteiger partial charge in [0.2, 0.25) is 5.91 Å². The van der Waals surface area contributed by atoms with Crippen LogP contribution in [0.2, 0.25) is 0 Å². The van der Waals surface area contributed by atoms with Crippen molar-refractivity contribution in [1.29, 1.82) is 0 Å². The van der Waals surface area contributed by atoms with Crippen LogP contribution in [0.5, 0.6) is 0 Å². The summed E-state index contributed by atoms with van der Waals surface area (Å²) >= 11 is 0. The van der Waals surface area contributed by atoms with Crippen LogP contribution in [0.1, 0.15) is 18.1 Å². The van der Waals surface area contributed by atoms with E-state index >= 15 is 0 Å². The van der Waals surface area contributed by atoms with Crippen LogP contribution in [0.15, 0.2) is 54.6 Å². The van der Waals surface area contributed by atoms with Gasteiger partial charge in [0.1, 0.15) is 12.1 Å². The molecule has 0 spiro atoms. The van der Waals surface area contributed by atoms with Gasteiger partial charge in [0.15, 0.2) is 0 Å². The molecular formula is C23H26N4O4. The lowest BCUT2D eigenvalue weighted by Crippen LogP contribution is -2.42. The van der Waals surface area contributed by atoms with Crippen molar-refractivity contribution in [1.82, 2.24) is 15.1 Å². The zero-order chi connectivity index (χ0) is 21.8. The van der Waals surface area contributed by atoms with E-state index in [4.69, 9.17) is 4.74 Å². The van der Waals surface area contributed by atoms with E-state index in [9.17, 15) is 14.4 Å². The van der Waals surface area contributed by atoms with Crippen LogP contribution in [-0.2, 0) is 26.4 Å². The predicted octanol–water partition coefficient (Wildman–Crippen LogP) is 1.92. The van der Waals surface area contributed by atoms with Crippen molar-refractivity contribution in [3.05, 3.63) is 65.7 Å². The molecule has 0 bridgehead atoms. The molecule has 31 heavy (non-hydrogen) atoms. The topological polar surface area (TPSA) is 91.0 Å². The first-order valence-electron chi connectivity index (χ1n) is 10.3. The van der Waals surface area contributed by atoms with Crippen LogP contribution < -0.4 is 10.6 Å². The van der Waals surface area contributed by atoms with Crippen LogP contribution in [0.4, 0.5) is 10.5 Å². The smallest absolute Gasteiger partial charge is 0.325 e. The summed E-state index contributed by atoms with van der Waals surface area (Å²) in [7, 11) is 0. The van der Waals surface area contributed by atoms with Crippen molar-refractivity contribution in [2.75, 3.05) is 38.2 Å². The van der Waals surface area contributed by atoms with Gasteiger partial charge < -0.3 is 15.4 Å². The summed E-state index contributed by atoms with van der Waals surface area (Å²) in [4.78, 5) is 41.1. The van der Waals surface area contributed by atoms with Crippen molar-refractivity contribution in [3.63, 3.8) is 0 Å². The summed E-state index contributed by atoms with van der Waals surface area (Å²) in [6.07, 6.45) is 0. The minimum atomic E-state index is -1.18. The first-order valence-corrected chi connectivity index (χ1v) is 10.3.